The SMILES string of the molecule is O=C(CCc1cc(-c2cccc(F)c2)n(-c2ccccc2)n1)N1CCCC1. The molecule has 0 spiro atoms. The molecule has 1 amide bonds. The van der Waals surface area contributed by atoms with Gasteiger partial charge in [-0.25, -0.2) is 9.07 Å². The molecule has 0 atom stereocenters. The lowest BCUT2D eigenvalue weighted by Crippen LogP contribution is -2.27. The Balaban J connectivity index is 1.62. The molecule has 1 aromatic heterocycles. The van der Waals surface area contributed by atoms with E-state index in [1.54, 1.807) is 6.07 Å². The van der Waals surface area contributed by atoms with Gasteiger partial charge in [-0.2, -0.15) is 5.10 Å². The van der Waals surface area contributed by atoms with Gasteiger partial charge in [-0.3, -0.25) is 4.79 Å². The van der Waals surface area contributed by atoms with Crippen LogP contribution in [0.5, 0.6) is 0 Å². The molecule has 0 radical (unpaired) electrons. The fraction of sp³-hybridized carbons (Fsp3) is 0.273. The molecule has 0 unspecified atom stereocenters. The smallest absolute Gasteiger partial charge is 0.222 e. The summed E-state index contributed by atoms with van der Waals surface area (Å²) >= 11 is 0. The van der Waals surface area contributed by atoms with E-state index in [-0.39, 0.29) is 11.7 Å². The maximum Gasteiger partial charge on any atom is 0.222 e. The summed E-state index contributed by atoms with van der Waals surface area (Å²) in [5, 5.41) is 4.71. The topological polar surface area (TPSA) is 38.1 Å². The molecule has 0 bridgehead atoms. The number of halogens is 1. The van der Waals surface area contributed by atoms with E-state index in [4.69, 9.17) is 5.10 Å². The number of hydrogen-bond acceptors (Lipinski definition) is 2. The molecule has 4 nitrogen and oxygen atoms in total. The normalized spacial score (nSPS) is 13.9. The van der Waals surface area contributed by atoms with Crippen LogP contribution in [0.4, 0.5) is 4.39 Å². The summed E-state index contributed by atoms with van der Waals surface area (Å²) in [7, 11) is 0. The van der Waals surface area contributed by atoms with Crippen molar-refractivity contribution in [3.63, 3.8) is 0 Å². The second-order valence-corrected chi connectivity index (χ2v) is 6.87. The van der Waals surface area contributed by atoms with E-state index in [1.807, 2.05) is 52.0 Å². The highest BCUT2D eigenvalue weighted by atomic mass is 19.1. The highest BCUT2D eigenvalue weighted by Crippen LogP contribution is 2.25. The maximum atomic E-state index is 13.7. The van der Waals surface area contributed by atoms with Crippen molar-refractivity contribution in [2.75, 3.05) is 13.1 Å². The van der Waals surface area contributed by atoms with Crippen molar-refractivity contribution >= 4 is 5.91 Å². The molecule has 138 valence electrons. The van der Waals surface area contributed by atoms with E-state index in [1.165, 1.54) is 12.1 Å². The Morgan fingerprint density at radius 2 is 1.78 bits per heavy atom. The molecule has 1 aliphatic rings. The summed E-state index contributed by atoms with van der Waals surface area (Å²) in [5.41, 5.74) is 3.34. The first kappa shape index (κ1) is 17.5. The monoisotopic (exact) mass is 363 g/mol. The quantitative estimate of drug-likeness (QED) is 0.680. The van der Waals surface area contributed by atoms with Crippen LogP contribution in [-0.4, -0.2) is 33.7 Å². The molecule has 0 aliphatic carbocycles. The molecule has 27 heavy (non-hydrogen) atoms. The van der Waals surface area contributed by atoms with Crippen LogP contribution in [0.2, 0.25) is 0 Å². The van der Waals surface area contributed by atoms with E-state index in [9.17, 15) is 9.18 Å². The molecule has 0 N–H and O–H groups in total. The summed E-state index contributed by atoms with van der Waals surface area (Å²) in [5.74, 6) is -0.0897. The third kappa shape index (κ3) is 3.92. The maximum absolute atomic E-state index is 13.7. The molecule has 3 aromatic rings. The lowest BCUT2D eigenvalue weighted by Gasteiger charge is -2.14. The lowest BCUT2D eigenvalue weighted by atomic mass is 10.1. The lowest BCUT2D eigenvalue weighted by molar-refractivity contribution is -0.130. The molecule has 2 aromatic carbocycles. The molecule has 1 fully saturated rings. The van der Waals surface area contributed by atoms with Crippen molar-refractivity contribution in [2.45, 2.75) is 25.7 Å². The Bertz CT molecular complexity index is 930. The fourth-order valence-electron chi connectivity index (χ4n) is 3.53. The van der Waals surface area contributed by atoms with Gasteiger partial charge in [0.1, 0.15) is 5.82 Å². The zero-order chi connectivity index (χ0) is 18.6. The molecule has 2 heterocycles. The van der Waals surface area contributed by atoms with E-state index >= 15 is 0 Å². The number of aryl methyl sites for hydroxylation is 1. The van der Waals surface area contributed by atoms with Gasteiger partial charge in [0.15, 0.2) is 0 Å². The van der Waals surface area contributed by atoms with Gasteiger partial charge < -0.3 is 4.90 Å². The highest BCUT2D eigenvalue weighted by Gasteiger charge is 2.19. The molecule has 0 saturated carbocycles. The average molecular weight is 363 g/mol. The minimum atomic E-state index is -0.279. The molecular formula is C22H22FN3O. The summed E-state index contributed by atoms with van der Waals surface area (Å²) in [6.45, 7) is 1.73. The highest BCUT2D eigenvalue weighted by molar-refractivity contribution is 5.76. The van der Waals surface area contributed by atoms with Crippen LogP contribution in [0.3, 0.4) is 0 Å². The standard InChI is InChI=1S/C22H22FN3O/c23-18-8-6-7-17(15-18)21-16-19(11-12-22(27)25-13-4-5-14-25)24-26(21)20-9-2-1-3-10-20/h1-3,6-10,15-16H,4-5,11-14H2. The van der Waals surface area contributed by atoms with Crippen LogP contribution >= 0.6 is 0 Å². The Kier molecular flexibility index (Phi) is 5.01. The van der Waals surface area contributed by atoms with Gasteiger partial charge in [0.25, 0.3) is 0 Å². The van der Waals surface area contributed by atoms with Crippen LogP contribution in [0, 0.1) is 5.82 Å². The molecule has 4 rings (SSSR count). The van der Waals surface area contributed by atoms with Crippen molar-refractivity contribution in [2.24, 2.45) is 0 Å². The second kappa shape index (κ2) is 7.74. The number of carbonyl (C=O) groups is 1. The van der Waals surface area contributed by atoms with E-state index < -0.39 is 0 Å². The van der Waals surface area contributed by atoms with Crippen LogP contribution in [0.1, 0.15) is 25.0 Å². The number of likely N-dealkylation sites (tertiary alicyclic amines) is 1. The van der Waals surface area contributed by atoms with E-state index in [0.717, 1.165) is 48.6 Å². The van der Waals surface area contributed by atoms with Gasteiger partial charge in [-0.15, -0.1) is 0 Å². The van der Waals surface area contributed by atoms with Gasteiger partial charge in [0.05, 0.1) is 17.1 Å². The number of benzene rings is 2. The first-order valence-corrected chi connectivity index (χ1v) is 9.39. The number of para-hydroxylation sites is 1. The molecule has 1 saturated heterocycles. The van der Waals surface area contributed by atoms with Crippen molar-refractivity contribution in [3.8, 4) is 16.9 Å². The average Bonchev–Trinajstić information content (AvgIpc) is 3.37. The molecule has 1 aliphatic heterocycles. The summed E-state index contributed by atoms with van der Waals surface area (Å²) in [4.78, 5) is 14.3. The largest absolute Gasteiger partial charge is 0.343 e. The predicted octanol–water partition coefficient (Wildman–Crippen LogP) is 4.23. The van der Waals surface area contributed by atoms with Gasteiger partial charge in [-0.1, -0.05) is 30.3 Å². The number of hydrogen-bond donors (Lipinski definition) is 0. The number of nitrogens with zero attached hydrogens (tertiary/aromatic N) is 3. The van der Waals surface area contributed by atoms with Crippen LogP contribution in [-0.2, 0) is 11.2 Å². The number of rotatable bonds is 5. The summed E-state index contributed by atoms with van der Waals surface area (Å²) < 4.78 is 15.6. The third-order valence-corrected chi connectivity index (χ3v) is 4.93. The third-order valence-electron chi connectivity index (χ3n) is 4.93. The summed E-state index contributed by atoms with van der Waals surface area (Å²) in [6, 6.07) is 18.2. The van der Waals surface area contributed by atoms with Crippen molar-refractivity contribution in [1.29, 1.82) is 0 Å². The first-order chi connectivity index (χ1) is 13.2. The van der Waals surface area contributed by atoms with Gasteiger partial charge >= 0.3 is 0 Å². The predicted molar refractivity (Wildman–Crippen MR) is 103 cm³/mol. The van der Waals surface area contributed by atoms with Crippen molar-refractivity contribution in [3.05, 3.63) is 72.2 Å². The molecular weight excluding hydrogens is 341 g/mol. The Hall–Kier alpha value is -2.95. The minimum Gasteiger partial charge on any atom is -0.343 e. The minimum absolute atomic E-state index is 0.189. The Labute approximate surface area is 158 Å². The Morgan fingerprint density at radius 1 is 1.00 bits per heavy atom. The van der Waals surface area contributed by atoms with E-state index in [2.05, 4.69) is 0 Å². The molecule has 5 heteroatoms. The van der Waals surface area contributed by atoms with Crippen molar-refractivity contribution < 1.29 is 9.18 Å². The van der Waals surface area contributed by atoms with E-state index in [0.29, 0.717) is 12.8 Å². The van der Waals surface area contributed by atoms with Gasteiger partial charge in [0, 0.05) is 31.5 Å². The summed E-state index contributed by atoms with van der Waals surface area (Å²) in [6.07, 6.45) is 3.22. The zero-order valence-electron chi connectivity index (χ0n) is 15.1. The van der Waals surface area contributed by atoms with Crippen molar-refractivity contribution in [1.82, 2.24) is 14.7 Å². The van der Waals surface area contributed by atoms with Crippen LogP contribution in [0.15, 0.2) is 60.7 Å². The van der Waals surface area contributed by atoms with Gasteiger partial charge in [0.2, 0.25) is 5.91 Å². The second-order valence-electron chi connectivity index (χ2n) is 6.87. The Morgan fingerprint density at radius 3 is 2.52 bits per heavy atom. The van der Waals surface area contributed by atoms with Crippen LogP contribution < -0.4 is 0 Å². The number of amides is 1. The fourth-order valence-corrected chi connectivity index (χ4v) is 3.53. The number of carbonyl (C=O) groups excluding carboxylic acids is 1. The zero-order valence-corrected chi connectivity index (χ0v) is 15.1. The number of aromatic nitrogens is 2. The first-order valence-electron chi connectivity index (χ1n) is 9.39. The van der Waals surface area contributed by atoms with Crippen LogP contribution in [0.25, 0.3) is 16.9 Å². The van der Waals surface area contributed by atoms with Gasteiger partial charge in [-0.05, 0) is 43.2 Å².